The highest BCUT2D eigenvalue weighted by Crippen LogP contribution is 2.23. The lowest BCUT2D eigenvalue weighted by molar-refractivity contribution is -0.139. The molecule has 3 heteroatoms. The highest BCUT2D eigenvalue weighted by atomic mass is 16.5. The van der Waals surface area contributed by atoms with E-state index in [-0.39, 0.29) is 5.97 Å². The average Bonchev–Trinajstić information content (AvgIpc) is 2.50. The molecule has 0 N–H and O–H groups in total. The predicted octanol–water partition coefficient (Wildman–Crippen LogP) is 3.32. The van der Waals surface area contributed by atoms with Gasteiger partial charge in [0.15, 0.2) is 0 Å². The Hall–Kier alpha value is -1.82. The lowest BCUT2D eigenvalue weighted by atomic mass is 9.85. The van der Waals surface area contributed by atoms with Gasteiger partial charge in [-0.25, -0.2) is 0 Å². The molecule has 0 saturated heterocycles. The van der Waals surface area contributed by atoms with Crippen LogP contribution in [0.2, 0.25) is 0 Å². The molecule has 1 heterocycles. The Morgan fingerprint density at radius 1 is 1.40 bits per heavy atom. The van der Waals surface area contributed by atoms with Crippen molar-refractivity contribution in [2.75, 3.05) is 13.7 Å². The zero-order chi connectivity index (χ0) is 14.4. The summed E-state index contributed by atoms with van der Waals surface area (Å²) in [6.07, 6.45) is 3.76. The minimum atomic E-state index is -0.195. The van der Waals surface area contributed by atoms with E-state index in [1.807, 2.05) is 12.1 Å². The van der Waals surface area contributed by atoms with E-state index < -0.39 is 0 Å². The van der Waals surface area contributed by atoms with Gasteiger partial charge in [-0.15, -0.1) is 0 Å². The van der Waals surface area contributed by atoms with Gasteiger partial charge in [0.25, 0.3) is 12.6 Å². The fourth-order valence-corrected chi connectivity index (χ4v) is 2.59. The van der Waals surface area contributed by atoms with Crippen molar-refractivity contribution in [3.05, 3.63) is 40.2 Å². The number of ether oxygens (including phenoxy) is 1. The van der Waals surface area contributed by atoms with Gasteiger partial charge in [-0.1, -0.05) is 36.0 Å². The number of hydrogen-bond donors (Lipinski definition) is 0. The molecule has 0 bridgehead atoms. The Balaban J connectivity index is 1.92. The highest BCUT2D eigenvalue weighted by Gasteiger charge is 2.23. The molecule has 0 radical (unpaired) electrons. The molecule has 2 atom stereocenters. The third-order valence-electron chi connectivity index (χ3n) is 3.89. The Morgan fingerprint density at radius 2 is 2.10 bits per heavy atom. The molecule has 1 aromatic rings. The fourth-order valence-electron chi connectivity index (χ4n) is 2.59. The molecule has 0 spiro atoms. The van der Waals surface area contributed by atoms with Crippen LogP contribution in [0.25, 0.3) is 4.85 Å². The standard InChI is InChI=1S/C17H22NO2/c1-13(16-4-3-9-18-12-16)10-14-5-7-15(8-6-14)11-17(19)20-2/h5-8,13,16H,3-4,9-11H2,1-2H3/q+1. The summed E-state index contributed by atoms with van der Waals surface area (Å²) < 4.78 is 4.67. The highest BCUT2D eigenvalue weighted by molar-refractivity contribution is 5.72. The second kappa shape index (κ2) is 7.09. The molecule has 0 fully saturated rings. The Morgan fingerprint density at radius 3 is 2.70 bits per heavy atom. The van der Waals surface area contributed by atoms with Gasteiger partial charge in [0.1, 0.15) is 0 Å². The first kappa shape index (κ1) is 14.6. The van der Waals surface area contributed by atoms with Crippen molar-refractivity contribution >= 4 is 5.97 Å². The molecule has 2 unspecified atom stereocenters. The maximum Gasteiger partial charge on any atom is 0.309 e. The van der Waals surface area contributed by atoms with Gasteiger partial charge in [-0.2, -0.15) is 0 Å². The monoisotopic (exact) mass is 272 g/mol. The topological polar surface area (TPSA) is 30.7 Å². The zero-order valence-corrected chi connectivity index (χ0v) is 12.3. The molecular weight excluding hydrogens is 250 g/mol. The van der Waals surface area contributed by atoms with E-state index in [1.165, 1.54) is 25.5 Å². The lowest BCUT2D eigenvalue weighted by Crippen LogP contribution is -2.15. The van der Waals surface area contributed by atoms with Crippen molar-refractivity contribution in [1.82, 2.24) is 0 Å². The molecule has 0 aliphatic carbocycles. The maximum atomic E-state index is 11.2. The van der Waals surface area contributed by atoms with Crippen molar-refractivity contribution in [2.45, 2.75) is 32.6 Å². The number of methoxy groups -OCH3 is 1. The van der Waals surface area contributed by atoms with Gasteiger partial charge in [0, 0.05) is 6.42 Å². The predicted molar refractivity (Wildman–Crippen MR) is 79.9 cm³/mol. The van der Waals surface area contributed by atoms with Crippen molar-refractivity contribution in [2.24, 2.45) is 11.8 Å². The molecule has 0 aromatic heterocycles. The van der Waals surface area contributed by atoms with Crippen molar-refractivity contribution in [1.29, 1.82) is 0 Å². The van der Waals surface area contributed by atoms with Gasteiger partial charge < -0.3 is 4.74 Å². The second-order valence-electron chi connectivity index (χ2n) is 5.51. The lowest BCUT2D eigenvalue weighted by Gasteiger charge is -2.16. The minimum Gasteiger partial charge on any atom is -0.469 e. The van der Waals surface area contributed by atoms with E-state index in [0.717, 1.165) is 18.5 Å². The van der Waals surface area contributed by atoms with Gasteiger partial charge in [0.2, 0.25) is 0 Å². The zero-order valence-electron chi connectivity index (χ0n) is 12.3. The van der Waals surface area contributed by atoms with Crippen molar-refractivity contribution in [3.8, 4) is 6.07 Å². The maximum absolute atomic E-state index is 11.2. The van der Waals surface area contributed by atoms with Crippen LogP contribution in [-0.2, 0) is 22.4 Å². The number of nitrogens with zero attached hydrogens (tertiary/aromatic N) is 1. The second-order valence-corrected chi connectivity index (χ2v) is 5.51. The first-order chi connectivity index (χ1) is 9.69. The van der Waals surface area contributed by atoms with Gasteiger partial charge >= 0.3 is 5.97 Å². The van der Waals surface area contributed by atoms with Crippen LogP contribution in [0.4, 0.5) is 0 Å². The largest absolute Gasteiger partial charge is 0.469 e. The SMILES string of the molecule is COC(=O)Cc1ccc(CC(C)C2C#[N+]CCC2)cc1. The number of esters is 1. The molecule has 2 rings (SSSR count). The number of carbonyl (C=O) groups is 1. The van der Waals surface area contributed by atoms with Crippen LogP contribution >= 0.6 is 0 Å². The molecule has 1 aliphatic rings. The summed E-state index contributed by atoms with van der Waals surface area (Å²) in [6, 6.07) is 11.5. The summed E-state index contributed by atoms with van der Waals surface area (Å²) in [5, 5.41) is 0. The van der Waals surface area contributed by atoms with Gasteiger partial charge in [-0.05, 0) is 29.9 Å². The van der Waals surface area contributed by atoms with Crippen LogP contribution in [-0.4, -0.2) is 19.6 Å². The summed E-state index contributed by atoms with van der Waals surface area (Å²) in [5.41, 5.74) is 2.30. The van der Waals surface area contributed by atoms with Crippen LogP contribution in [0.1, 0.15) is 30.9 Å². The first-order valence-corrected chi connectivity index (χ1v) is 7.25. The van der Waals surface area contributed by atoms with E-state index in [4.69, 9.17) is 0 Å². The van der Waals surface area contributed by atoms with E-state index in [0.29, 0.717) is 18.3 Å². The van der Waals surface area contributed by atoms with E-state index >= 15 is 0 Å². The third kappa shape index (κ3) is 4.09. The molecule has 1 aromatic carbocycles. The average molecular weight is 272 g/mol. The minimum absolute atomic E-state index is 0.195. The Bertz CT molecular complexity index is 510. The number of hydrogen-bond acceptors (Lipinski definition) is 2. The van der Waals surface area contributed by atoms with Gasteiger partial charge in [0.05, 0.1) is 19.4 Å². The summed E-state index contributed by atoms with van der Waals surface area (Å²) in [4.78, 5) is 15.5. The molecule has 3 nitrogen and oxygen atoms in total. The molecule has 0 amide bonds. The summed E-state index contributed by atoms with van der Waals surface area (Å²) in [6.45, 7) is 3.20. The molecular formula is C17H22NO2+. The summed E-state index contributed by atoms with van der Waals surface area (Å²) >= 11 is 0. The first-order valence-electron chi connectivity index (χ1n) is 7.25. The molecule has 106 valence electrons. The summed E-state index contributed by atoms with van der Waals surface area (Å²) in [5.74, 6) is 0.850. The third-order valence-corrected chi connectivity index (χ3v) is 3.89. The number of carbonyl (C=O) groups excluding carboxylic acids is 1. The van der Waals surface area contributed by atoms with Crippen molar-refractivity contribution < 1.29 is 9.53 Å². The van der Waals surface area contributed by atoms with Crippen LogP contribution in [0.5, 0.6) is 0 Å². The number of benzene rings is 1. The number of rotatable bonds is 5. The van der Waals surface area contributed by atoms with Crippen LogP contribution in [0, 0.1) is 17.9 Å². The smallest absolute Gasteiger partial charge is 0.309 e. The van der Waals surface area contributed by atoms with E-state index in [1.54, 1.807) is 0 Å². The fraction of sp³-hybridized carbons (Fsp3) is 0.529. The molecule has 1 aliphatic heterocycles. The molecule has 20 heavy (non-hydrogen) atoms. The van der Waals surface area contributed by atoms with Crippen LogP contribution in [0.15, 0.2) is 24.3 Å². The molecule has 0 saturated carbocycles. The normalized spacial score (nSPS) is 18.8. The van der Waals surface area contributed by atoms with Crippen molar-refractivity contribution in [3.63, 3.8) is 0 Å². The Kier molecular flexibility index (Phi) is 5.17. The van der Waals surface area contributed by atoms with Gasteiger partial charge in [-0.3, -0.25) is 4.79 Å². The van der Waals surface area contributed by atoms with Crippen LogP contribution < -0.4 is 0 Å². The van der Waals surface area contributed by atoms with Crippen LogP contribution in [0.3, 0.4) is 0 Å². The van der Waals surface area contributed by atoms with E-state index in [2.05, 4.69) is 34.7 Å². The quantitative estimate of drug-likeness (QED) is 0.770. The Labute approximate surface area is 120 Å². The van der Waals surface area contributed by atoms with E-state index in [9.17, 15) is 4.79 Å². The summed E-state index contributed by atoms with van der Waals surface area (Å²) in [7, 11) is 1.42.